The van der Waals surface area contributed by atoms with Gasteiger partial charge in [-0.2, -0.15) is 0 Å². The third-order valence-electron chi connectivity index (χ3n) is 2.55. The van der Waals surface area contributed by atoms with Crippen molar-refractivity contribution in [3.8, 4) is 0 Å². The molecule has 74 valence electrons. The summed E-state index contributed by atoms with van der Waals surface area (Å²) >= 11 is 0. The molecule has 0 N–H and O–H groups in total. The van der Waals surface area contributed by atoms with Crippen molar-refractivity contribution < 1.29 is 0 Å². The number of hydrogen-bond acceptors (Lipinski definition) is 0. The number of aryl methyl sites for hydroxylation is 2. The highest BCUT2D eigenvalue weighted by Crippen LogP contribution is 2.26. The van der Waals surface area contributed by atoms with Gasteiger partial charge in [-0.25, -0.2) is 0 Å². The molecule has 1 aromatic carbocycles. The van der Waals surface area contributed by atoms with Crippen molar-refractivity contribution in [1.82, 2.24) is 0 Å². The molecule has 0 unspecified atom stereocenters. The van der Waals surface area contributed by atoms with Crippen LogP contribution in [0.4, 0.5) is 0 Å². The van der Waals surface area contributed by atoms with Gasteiger partial charge < -0.3 is 0 Å². The van der Waals surface area contributed by atoms with Crippen molar-refractivity contribution in [2.75, 3.05) is 0 Å². The Bertz CT molecular complexity index is 356. The predicted octanol–water partition coefficient (Wildman–Crippen LogP) is 4.37. The molecule has 0 atom stereocenters. The van der Waals surface area contributed by atoms with Crippen LogP contribution in [0.5, 0.6) is 0 Å². The Balaban J connectivity index is 3.46. The summed E-state index contributed by atoms with van der Waals surface area (Å²) < 4.78 is 0. The van der Waals surface area contributed by atoms with Crippen LogP contribution < -0.4 is 0 Å². The highest BCUT2D eigenvalue weighted by molar-refractivity contribution is 5.77. The Labute approximate surface area is 87.0 Å². The molecule has 0 nitrogen and oxygen atoms in total. The van der Waals surface area contributed by atoms with Gasteiger partial charge in [-0.1, -0.05) is 36.4 Å². The molecule has 0 aliphatic rings. The summed E-state index contributed by atoms with van der Waals surface area (Å²) in [7, 11) is 0. The lowest BCUT2D eigenvalue weighted by atomic mass is 9.93. The first kappa shape index (κ1) is 10.8. The van der Waals surface area contributed by atoms with Crippen LogP contribution in [-0.4, -0.2) is 0 Å². The molecule has 0 heteroatoms. The van der Waals surface area contributed by atoms with Crippen molar-refractivity contribution in [1.29, 1.82) is 0 Å². The molecule has 0 spiro atoms. The van der Waals surface area contributed by atoms with E-state index in [9.17, 15) is 0 Å². The fourth-order valence-electron chi connectivity index (χ4n) is 1.52. The van der Waals surface area contributed by atoms with E-state index in [1.807, 2.05) is 13.8 Å². The monoisotopic (exact) mass is 186 g/mol. The van der Waals surface area contributed by atoms with Crippen molar-refractivity contribution in [2.24, 2.45) is 0 Å². The number of benzene rings is 1. The molecule has 0 amide bonds. The first-order valence-electron chi connectivity index (χ1n) is 4.86. The van der Waals surface area contributed by atoms with Crippen molar-refractivity contribution in [2.45, 2.75) is 27.7 Å². The van der Waals surface area contributed by atoms with E-state index in [4.69, 9.17) is 0 Å². The zero-order valence-corrected chi connectivity index (χ0v) is 9.57. The summed E-state index contributed by atoms with van der Waals surface area (Å²) in [5.74, 6) is 0. The van der Waals surface area contributed by atoms with Crippen molar-refractivity contribution in [3.05, 3.63) is 47.5 Å². The van der Waals surface area contributed by atoms with E-state index < -0.39 is 0 Å². The van der Waals surface area contributed by atoms with Crippen LogP contribution in [-0.2, 0) is 0 Å². The second-order valence-corrected chi connectivity index (χ2v) is 4.04. The molecule has 0 aliphatic carbocycles. The fourth-order valence-corrected chi connectivity index (χ4v) is 1.52. The molecule has 0 aromatic heterocycles. The second-order valence-electron chi connectivity index (χ2n) is 4.04. The van der Waals surface area contributed by atoms with E-state index in [1.165, 1.54) is 22.3 Å². The lowest BCUT2D eigenvalue weighted by Gasteiger charge is -2.12. The summed E-state index contributed by atoms with van der Waals surface area (Å²) in [6.07, 6.45) is 0. The lowest BCUT2D eigenvalue weighted by Crippen LogP contribution is -1.92. The third kappa shape index (κ3) is 1.95. The normalized spacial score (nSPS) is 10.0. The van der Waals surface area contributed by atoms with Crippen molar-refractivity contribution >= 4 is 11.1 Å². The minimum atomic E-state index is 1.10. The van der Waals surface area contributed by atoms with Gasteiger partial charge in [0.2, 0.25) is 0 Å². The predicted molar refractivity (Wildman–Crippen MR) is 65.3 cm³/mol. The number of rotatable bonds is 2. The van der Waals surface area contributed by atoms with E-state index in [-0.39, 0.29) is 0 Å². The molecular weight excluding hydrogens is 168 g/mol. The molecule has 0 saturated carbocycles. The van der Waals surface area contributed by atoms with Crippen LogP contribution >= 0.6 is 0 Å². The molecule has 14 heavy (non-hydrogen) atoms. The van der Waals surface area contributed by atoms with Gasteiger partial charge in [0, 0.05) is 0 Å². The zero-order valence-electron chi connectivity index (χ0n) is 9.57. The summed E-state index contributed by atoms with van der Waals surface area (Å²) in [5, 5.41) is 0. The summed E-state index contributed by atoms with van der Waals surface area (Å²) in [6.45, 7) is 16.3. The maximum atomic E-state index is 4.00. The molecule has 0 saturated heterocycles. The van der Waals surface area contributed by atoms with E-state index in [1.54, 1.807) is 0 Å². The molecule has 0 heterocycles. The van der Waals surface area contributed by atoms with Crippen LogP contribution in [0.2, 0.25) is 0 Å². The SMILES string of the molecule is C=C(C)c1cc(C)c(C)cc1C(=C)C. The topological polar surface area (TPSA) is 0 Å². The Morgan fingerprint density at radius 1 is 0.857 bits per heavy atom. The van der Waals surface area contributed by atoms with E-state index in [0.717, 1.165) is 11.1 Å². The standard InChI is InChI=1S/C14H18/c1-9(2)13-7-11(5)12(6)8-14(13)10(3)4/h7-8H,1,3H2,2,4-6H3. The number of allylic oxidation sites excluding steroid dienone is 2. The van der Waals surface area contributed by atoms with Gasteiger partial charge in [-0.15, -0.1) is 0 Å². The first-order chi connectivity index (χ1) is 6.43. The maximum Gasteiger partial charge on any atom is -0.0155 e. The van der Waals surface area contributed by atoms with Gasteiger partial charge >= 0.3 is 0 Å². The first-order valence-corrected chi connectivity index (χ1v) is 4.86. The minimum absolute atomic E-state index is 1.10. The van der Waals surface area contributed by atoms with Gasteiger partial charge in [0.15, 0.2) is 0 Å². The quantitative estimate of drug-likeness (QED) is 0.643. The van der Waals surface area contributed by atoms with Crippen molar-refractivity contribution in [3.63, 3.8) is 0 Å². The maximum absolute atomic E-state index is 4.00. The van der Waals surface area contributed by atoms with Crippen LogP contribution in [0.25, 0.3) is 11.1 Å². The van der Waals surface area contributed by atoms with Crippen LogP contribution in [0, 0.1) is 13.8 Å². The van der Waals surface area contributed by atoms with Gasteiger partial charge in [0.25, 0.3) is 0 Å². The molecular formula is C14H18. The van der Waals surface area contributed by atoms with Gasteiger partial charge in [0.05, 0.1) is 0 Å². The Kier molecular flexibility index (Phi) is 2.95. The van der Waals surface area contributed by atoms with E-state index in [2.05, 4.69) is 39.1 Å². The highest BCUT2D eigenvalue weighted by Gasteiger charge is 2.06. The minimum Gasteiger partial charge on any atom is -0.0955 e. The number of hydrogen-bond donors (Lipinski definition) is 0. The van der Waals surface area contributed by atoms with Gasteiger partial charge in [-0.05, 0) is 49.9 Å². The van der Waals surface area contributed by atoms with E-state index >= 15 is 0 Å². The molecule has 1 rings (SSSR count). The van der Waals surface area contributed by atoms with Crippen LogP contribution in [0.1, 0.15) is 36.1 Å². The Morgan fingerprint density at radius 2 is 1.14 bits per heavy atom. The summed E-state index contributed by atoms with van der Waals surface area (Å²) in [4.78, 5) is 0. The Hall–Kier alpha value is -1.30. The van der Waals surface area contributed by atoms with Gasteiger partial charge in [-0.3, -0.25) is 0 Å². The second kappa shape index (κ2) is 3.83. The zero-order chi connectivity index (χ0) is 10.9. The lowest BCUT2D eigenvalue weighted by molar-refractivity contribution is 1.31. The average Bonchev–Trinajstić information content (AvgIpc) is 2.08. The molecule has 0 fully saturated rings. The third-order valence-corrected chi connectivity index (χ3v) is 2.55. The molecule has 0 radical (unpaired) electrons. The molecule has 0 bridgehead atoms. The summed E-state index contributed by atoms with van der Waals surface area (Å²) in [5.41, 5.74) is 7.28. The van der Waals surface area contributed by atoms with Gasteiger partial charge in [0.1, 0.15) is 0 Å². The van der Waals surface area contributed by atoms with Crippen LogP contribution in [0.15, 0.2) is 25.3 Å². The average molecular weight is 186 g/mol. The van der Waals surface area contributed by atoms with E-state index in [0.29, 0.717) is 0 Å². The van der Waals surface area contributed by atoms with Crippen LogP contribution in [0.3, 0.4) is 0 Å². The molecule has 1 aromatic rings. The highest BCUT2D eigenvalue weighted by atomic mass is 14.1. The largest absolute Gasteiger partial charge is 0.0955 e. The smallest absolute Gasteiger partial charge is 0.0155 e. The Morgan fingerprint density at radius 3 is 1.36 bits per heavy atom. The summed E-state index contributed by atoms with van der Waals surface area (Å²) in [6, 6.07) is 4.39. The molecule has 0 aliphatic heterocycles. The fraction of sp³-hybridized carbons (Fsp3) is 0.286.